The largest absolute Gasteiger partial charge is 0.233 e. The monoisotopic (exact) mass is 240 g/mol. The van der Waals surface area contributed by atoms with Gasteiger partial charge in [-0.3, -0.25) is 0 Å². The maximum absolute atomic E-state index is 12.0. The molecule has 2 rings (SSSR count). The first-order valence-electron chi connectivity index (χ1n) is 4.24. The van der Waals surface area contributed by atoms with Gasteiger partial charge < -0.3 is 0 Å². The molecule has 15 heavy (non-hydrogen) atoms. The Kier molecular flexibility index (Phi) is 2.46. The lowest BCUT2D eigenvalue weighted by Crippen LogP contribution is -2.11. The van der Waals surface area contributed by atoms with Gasteiger partial charge in [-0.25, -0.2) is 13.2 Å². The summed E-state index contributed by atoms with van der Waals surface area (Å²) in [5.74, 6) is 1.74. The van der Waals surface area contributed by atoms with Crippen molar-refractivity contribution in [3.8, 4) is 0 Å². The number of fused-ring (bicyclic) bond motifs is 1. The number of hydrogen-bond acceptors (Lipinski definition) is 4. The quantitative estimate of drug-likeness (QED) is 0.696. The van der Waals surface area contributed by atoms with Crippen LogP contribution in [0.4, 0.5) is 0 Å². The Labute approximate surface area is 92.1 Å². The molecule has 0 saturated carbocycles. The Bertz CT molecular complexity index is 554. The van der Waals surface area contributed by atoms with E-state index in [1.54, 1.807) is 30.4 Å². The third kappa shape index (κ3) is 1.35. The van der Waals surface area contributed by atoms with Crippen LogP contribution in [-0.4, -0.2) is 25.2 Å². The van der Waals surface area contributed by atoms with Gasteiger partial charge in [-0.15, -0.1) is 11.8 Å². The van der Waals surface area contributed by atoms with E-state index in [-0.39, 0.29) is 10.5 Å². The second-order valence-corrected chi connectivity index (χ2v) is 6.37. The summed E-state index contributed by atoms with van der Waals surface area (Å²) in [6.45, 7) is 0. The van der Waals surface area contributed by atoms with Crippen LogP contribution in [0.25, 0.3) is 5.57 Å². The maximum atomic E-state index is 12.0. The zero-order valence-corrected chi connectivity index (χ0v) is 9.56. The lowest BCUT2D eigenvalue weighted by atomic mass is 10.1. The number of sulfone groups is 1. The van der Waals surface area contributed by atoms with E-state index in [9.17, 15) is 13.2 Å². The summed E-state index contributed by atoms with van der Waals surface area (Å²) in [5, 5.41) is 0. The Morgan fingerprint density at radius 2 is 2.00 bits per heavy atom. The third-order valence-electron chi connectivity index (χ3n) is 2.33. The summed E-state index contributed by atoms with van der Waals surface area (Å²) in [4.78, 5) is 11.0. The summed E-state index contributed by atoms with van der Waals surface area (Å²) in [6.07, 6.45) is 1.67. The van der Waals surface area contributed by atoms with Crippen molar-refractivity contribution in [2.24, 2.45) is 0 Å². The summed E-state index contributed by atoms with van der Waals surface area (Å²) in [7, 11) is -3.39. The molecule has 0 aliphatic carbocycles. The number of hydrogen-bond donors (Lipinski definition) is 0. The molecule has 1 aromatic rings. The Morgan fingerprint density at radius 3 is 2.60 bits per heavy atom. The SMILES string of the molecule is CSC1C(=C=O)c2ccccc2S1(=O)=O. The van der Waals surface area contributed by atoms with Crippen LogP contribution in [0.2, 0.25) is 0 Å². The number of benzene rings is 1. The minimum atomic E-state index is -3.39. The van der Waals surface area contributed by atoms with Gasteiger partial charge in [0.25, 0.3) is 0 Å². The topological polar surface area (TPSA) is 51.2 Å². The average molecular weight is 240 g/mol. The first-order valence-corrected chi connectivity index (χ1v) is 7.07. The van der Waals surface area contributed by atoms with Crippen molar-refractivity contribution in [1.29, 1.82) is 0 Å². The zero-order valence-electron chi connectivity index (χ0n) is 7.93. The predicted molar refractivity (Wildman–Crippen MR) is 60.0 cm³/mol. The first kappa shape index (κ1) is 10.5. The van der Waals surface area contributed by atoms with Gasteiger partial charge in [-0.1, -0.05) is 18.2 Å². The summed E-state index contributed by atoms with van der Waals surface area (Å²) < 4.78 is 23.1. The van der Waals surface area contributed by atoms with Crippen molar-refractivity contribution in [1.82, 2.24) is 0 Å². The molecule has 0 spiro atoms. The molecule has 1 atom stereocenters. The average Bonchev–Trinajstić information content (AvgIpc) is 2.46. The highest BCUT2D eigenvalue weighted by molar-refractivity contribution is 8.14. The van der Waals surface area contributed by atoms with Crippen molar-refractivity contribution < 1.29 is 13.2 Å². The molecule has 0 amide bonds. The van der Waals surface area contributed by atoms with Crippen LogP contribution in [0.1, 0.15) is 5.56 Å². The van der Waals surface area contributed by atoms with E-state index in [1.165, 1.54) is 6.07 Å². The van der Waals surface area contributed by atoms with Crippen molar-refractivity contribution in [3.63, 3.8) is 0 Å². The van der Waals surface area contributed by atoms with Gasteiger partial charge in [-0.2, -0.15) is 0 Å². The fourth-order valence-corrected chi connectivity index (χ4v) is 4.89. The highest BCUT2D eigenvalue weighted by atomic mass is 32.3. The van der Waals surface area contributed by atoms with Crippen molar-refractivity contribution in [2.75, 3.05) is 6.26 Å². The van der Waals surface area contributed by atoms with E-state index < -0.39 is 14.4 Å². The number of carbonyl (C=O) groups excluding carboxylic acids is 1. The summed E-state index contributed by atoms with van der Waals surface area (Å²) in [6, 6.07) is 6.54. The number of rotatable bonds is 1. The third-order valence-corrected chi connectivity index (χ3v) is 6.10. The molecule has 3 nitrogen and oxygen atoms in total. The van der Waals surface area contributed by atoms with Gasteiger partial charge in [0.05, 0.1) is 10.5 Å². The number of thioether (sulfide) groups is 1. The lowest BCUT2D eigenvalue weighted by molar-refractivity contribution is 0.569. The molecule has 0 radical (unpaired) electrons. The Morgan fingerprint density at radius 1 is 1.33 bits per heavy atom. The molecule has 0 N–H and O–H groups in total. The van der Waals surface area contributed by atoms with Crippen LogP contribution in [0.15, 0.2) is 29.2 Å². The Hall–Kier alpha value is -1.03. The van der Waals surface area contributed by atoms with E-state index in [0.717, 1.165) is 11.8 Å². The van der Waals surface area contributed by atoms with Gasteiger partial charge in [0.15, 0.2) is 9.84 Å². The molecular formula is C10H8O3S2. The van der Waals surface area contributed by atoms with E-state index in [1.807, 2.05) is 0 Å². The van der Waals surface area contributed by atoms with E-state index in [0.29, 0.717) is 5.56 Å². The van der Waals surface area contributed by atoms with Gasteiger partial charge in [0.1, 0.15) is 10.5 Å². The molecule has 1 heterocycles. The van der Waals surface area contributed by atoms with Gasteiger partial charge in [-0.05, 0) is 12.3 Å². The van der Waals surface area contributed by atoms with Gasteiger partial charge in [0, 0.05) is 5.56 Å². The van der Waals surface area contributed by atoms with Gasteiger partial charge >= 0.3 is 0 Å². The molecular weight excluding hydrogens is 232 g/mol. The molecule has 78 valence electrons. The van der Waals surface area contributed by atoms with Crippen LogP contribution in [0, 0.1) is 0 Å². The van der Waals surface area contributed by atoms with Crippen molar-refractivity contribution in [3.05, 3.63) is 29.8 Å². The first-order chi connectivity index (χ1) is 7.12. The van der Waals surface area contributed by atoms with Crippen LogP contribution in [0.3, 0.4) is 0 Å². The molecule has 1 aliphatic rings. The minimum Gasteiger partial charge on any atom is -0.233 e. The van der Waals surface area contributed by atoms with Crippen molar-refractivity contribution >= 4 is 33.1 Å². The molecule has 5 heteroatoms. The fraction of sp³-hybridized carbons (Fsp3) is 0.200. The summed E-state index contributed by atoms with van der Waals surface area (Å²) >= 11 is 1.14. The predicted octanol–water partition coefficient (Wildman–Crippen LogP) is 1.38. The zero-order chi connectivity index (χ0) is 11.1. The van der Waals surface area contributed by atoms with Gasteiger partial charge in [0.2, 0.25) is 0 Å². The Balaban J connectivity index is 2.82. The van der Waals surface area contributed by atoms with E-state index in [4.69, 9.17) is 0 Å². The molecule has 0 fully saturated rings. The molecule has 1 aliphatic heterocycles. The fourth-order valence-electron chi connectivity index (χ4n) is 1.68. The minimum absolute atomic E-state index is 0.234. The second kappa shape index (κ2) is 3.52. The summed E-state index contributed by atoms with van der Waals surface area (Å²) in [5.41, 5.74) is 0.727. The lowest BCUT2D eigenvalue weighted by Gasteiger charge is -2.04. The molecule has 1 unspecified atom stereocenters. The van der Waals surface area contributed by atoms with Crippen LogP contribution in [0.5, 0.6) is 0 Å². The normalized spacial score (nSPS) is 22.2. The van der Waals surface area contributed by atoms with Crippen LogP contribution < -0.4 is 0 Å². The maximum Gasteiger partial charge on any atom is 0.196 e. The highest BCUT2D eigenvalue weighted by Gasteiger charge is 2.41. The molecule has 0 saturated heterocycles. The van der Waals surface area contributed by atoms with E-state index in [2.05, 4.69) is 0 Å². The van der Waals surface area contributed by atoms with E-state index >= 15 is 0 Å². The molecule has 0 bridgehead atoms. The smallest absolute Gasteiger partial charge is 0.196 e. The van der Waals surface area contributed by atoms with Crippen LogP contribution in [-0.2, 0) is 14.6 Å². The standard InChI is InChI=1S/C10H8O3S2/c1-14-10-8(6-11)7-4-2-3-5-9(7)15(10,12)13/h2-5,10H,1H3. The molecule has 1 aromatic carbocycles. The molecule has 0 aromatic heterocycles. The van der Waals surface area contributed by atoms with Crippen LogP contribution >= 0.6 is 11.8 Å². The van der Waals surface area contributed by atoms with Crippen molar-refractivity contribution in [2.45, 2.75) is 9.48 Å². The second-order valence-electron chi connectivity index (χ2n) is 3.12. The highest BCUT2D eigenvalue weighted by Crippen LogP contribution is 2.42.